The first-order chi connectivity index (χ1) is 33.0. The third-order valence-corrected chi connectivity index (χ3v) is 24.6. The van der Waals surface area contributed by atoms with Crippen LogP contribution in [0.1, 0.15) is 263 Å². The van der Waals surface area contributed by atoms with E-state index >= 15 is 0 Å². The monoisotopic (exact) mass is 977 g/mol. The van der Waals surface area contributed by atoms with E-state index in [4.69, 9.17) is 20.8 Å². The van der Waals surface area contributed by atoms with Gasteiger partial charge in [-0.15, -0.1) is 6.58 Å². The summed E-state index contributed by atoms with van der Waals surface area (Å²) in [4.78, 5) is 0. The molecule has 0 aliphatic heterocycles. The standard InChI is InChI=1S/C71H124/c1-20-52-22-34-61(35-23-52)70(16,17)48-65(57-30-42-62(43-31-57)69(14,15)47-50(3)54-26-38-59(39-27-54)67(8,9)10)64(46-21-49(2)53-24-36-58(37-25-53)66(5,6)7)56-32-44-63(45-33-56)71(18,19)51(4)55-28-40-60(41-29-55)68(11,12)13/h20,49-65H,1-5,8,11,21-48H2,6-7,9-10,12-19H3. The second-order valence-corrected chi connectivity index (χ2v) is 32.1. The summed E-state index contributed by atoms with van der Waals surface area (Å²) in [6.45, 7) is 63.4. The molecule has 5 unspecified atom stereocenters. The summed E-state index contributed by atoms with van der Waals surface area (Å²) in [6.07, 6.45) is 41.1. The predicted molar refractivity (Wildman–Crippen MR) is 314 cm³/mol. The van der Waals surface area contributed by atoms with Gasteiger partial charge in [-0.05, 0) is 208 Å². The van der Waals surface area contributed by atoms with Crippen LogP contribution in [0.25, 0.3) is 0 Å². The smallest absolute Gasteiger partial charge is 0.103 e. The molecule has 6 aliphatic carbocycles. The second kappa shape index (κ2) is 24.3. The van der Waals surface area contributed by atoms with E-state index in [1.54, 1.807) is 0 Å². The van der Waals surface area contributed by atoms with Crippen LogP contribution in [-0.4, -0.2) is 0 Å². The largest absolute Gasteiger partial charge is 0.340 e. The molecule has 6 aliphatic rings. The van der Waals surface area contributed by atoms with Crippen molar-refractivity contribution in [3.8, 4) is 0 Å². The Bertz CT molecular complexity index is 1530. The quantitative estimate of drug-likeness (QED) is 0.0794. The third kappa shape index (κ3) is 15.5. The first-order valence-electron chi connectivity index (χ1n) is 31.7. The summed E-state index contributed by atoms with van der Waals surface area (Å²) in [7, 11) is 0. The Morgan fingerprint density at radius 3 is 1.21 bits per heavy atom. The van der Waals surface area contributed by atoms with Crippen LogP contribution in [0.3, 0.4) is 0 Å². The van der Waals surface area contributed by atoms with Gasteiger partial charge < -0.3 is 20.8 Å². The van der Waals surface area contributed by atoms with Crippen LogP contribution < -0.4 is 0 Å². The number of hydrogen-bond acceptors (Lipinski definition) is 0. The van der Waals surface area contributed by atoms with E-state index in [0.29, 0.717) is 34.0 Å². The maximum absolute atomic E-state index is 5.09. The topological polar surface area (TPSA) is 0 Å². The molecule has 6 saturated carbocycles. The molecule has 0 radical (unpaired) electrons. The van der Waals surface area contributed by atoms with Gasteiger partial charge in [0, 0.05) is 23.2 Å². The lowest BCUT2D eigenvalue weighted by Crippen LogP contribution is -2.42. The highest BCUT2D eigenvalue weighted by atomic mass is 14.5. The molecule has 0 heterocycles. The Morgan fingerprint density at radius 2 is 0.775 bits per heavy atom. The Morgan fingerprint density at radius 1 is 0.423 bits per heavy atom. The Hall–Kier alpha value is -0.650. The van der Waals surface area contributed by atoms with E-state index < -0.39 is 0 Å². The highest BCUT2D eigenvalue weighted by Gasteiger charge is 2.49. The SMILES string of the molecule is C=CC1CCC(C(C)(C)CC(C2CCC(C(C)(C)CC([CH2-])C3CCC(C([CH2+])(C)C)CC3)CC2)C(CCC([CH2-])C2CCC(C([CH2-])(C)C)CC2)C2CCC(C(C)(C)C([CH2+])C3CCC(C([CH2+])(C)C)CC3)CC2)CC1. The number of rotatable bonds is 21. The van der Waals surface area contributed by atoms with Crippen LogP contribution in [0.2, 0.25) is 0 Å². The van der Waals surface area contributed by atoms with Gasteiger partial charge in [0.15, 0.2) is 0 Å². The van der Waals surface area contributed by atoms with Crippen molar-refractivity contribution in [1.82, 2.24) is 0 Å². The van der Waals surface area contributed by atoms with Crippen molar-refractivity contribution in [3.63, 3.8) is 0 Å². The highest BCUT2D eigenvalue weighted by molar-refractivity contribution is 5.00. The molecule has 0 N–H and O–H groups in total. The Balaban J connectivity index is 1.20. The van der Waals surface area contributed by atoms with Crippen LogP contribution in [-0.2, 0) is 0 Å². The van der Waals surface area contributed by atoms with Gasteiger partial charge in [0.1, 0.15) is 16.7 Å². The maximum atomic E-state index is 5.09. The van der Waals surface area contributed by atoms with Crippen molar-refractivity contribution < 1.29 is 0 Å². The van der Waals surface area contributed by atoms with Crippen molar-refractivity contribution in [1.29, 1.82) is 0 Å². The van der Waals surface area contributed by atoms with Gasteiger partial charge in [0.05, 0.1) is 20.8 Å². The molecule has 0 bridgehead atoms. The van der Waals surface area contributed by atoms with Crippen molar-refractivity contribution in [2.45, 2.75) is 263 Å². The lowest BCUT2D eigenvalue weighted by atomic mass is 9.54. The minimum Gasteiger partial charge on any atom is -0.340 e. The maximum Gasteiger partial charge on any atom is 0.103 e. The first kappa shape index (κ1) is 59.6. The molecule has 0 saturated heterocycles. The number of hydrogen-bond donors (Lipinski definition) is 0. The van der Waals surface area contributed by atoms with Crippen LogP contribution in [0.4, 0.5) is 0 Å². The van der Waals surface area contributed by atoms with E-state index in [1.165, 1.54) is 180 Å². The number of allylic oxidation sites excluding steroid dienone is 1. The zero-order valence-corrected chi connectivity index (χ0v) is 50.1. The molecule has 0 nitrogen and oxygen atoms in total. The molecule has 0 amide bonds. The zero-order valence-electron chi connectivity index (χ0n) is 50.1. The molecule has 408 valence electrons. The molecule has 6 rings (SSSR count). The van der Waals surface area contributed by atoms with Gasteiger partial charge in [-0.25, -0.2) is 0 Å². The Labute approximate surface area is 448 Å². The average Bonchev–Trinajstić information content (AvgIpc) is 3.32. The fourth-order valence-corrected chi connectivity index (χ4v) is 18.6. The lowest BCUT2D eigenvalue weighted by molar-refractivity contribution is -0.00826. The highest BCUT2D eigenvalue weighted by Crippen LogP contribution is 2.58. The molecular formula is C71H124. The normalized spacial score (nSPS) is 35.8. The molecule has 0 heteroatoms. The van der Waals surface area contributed by atoms with Crippen LogP contribution in [0, 0.1) is 175 Å². The van der Waals surface area contributed by atoms with E-state index in [1.807, 2.05) is 0 Å². The summed E-state index contributed by atoms with van der Waals surface area (Å²) < 4.78 is 0. The molecule has 0 aromatic carbocycles. The van der Waals surface area contributed by atoms with Gasteiger partial charge in [-0.3, -0.25) is 0 Å². The van der Waals surface area contributed by atoms with Gasteiger partial charge in [-0.2, -0.15) is 17.3 Å². The Kier molecular flexibility index (Phi) is 20.4. The minimum absolute atomic E-state index is 0.190. The van der Waals surface area contributed by atoms with Crippen molar-refractivity contribution >= 4 is 0 Å². The lowest BCUT2D eigenvalue weighted by Gasteiger charge is -2.51. The molecule has 71 heavy (non-hydrogen) atoms. The summed E-state index contributed by atoms with van der Waals surface area (Å²) in [6, 6.07) is 0. The fraction of sp³-hybridized carbons (Fsp3) is 0.887. The van der Waals surface area contributed by atoms with E-state index in [0.717, 1.165) is 82.9 Å². The fourth-order valence-electron chi connectivity index (χ4n) is 18.6. The molecule has 0 spiro atoms. The van der Waals surface area contributed by atoms with Crippen LogP contribution >= 0.6 is 0 Å². The molecule has 0 aromatic heterocycles. The average molecular weight is 978 g/mol. The zero-order chi connectivity index (χ0) is 52.3. The first-order valence-corrected chi connectivity index (χ1v) is 31.7. The van der Waals surface area contributed by atoms with Gasteiger partial charge in [0.2, 0.25) is 0 Å². The summed E-state index contributed by atoms with van der Waals surface area (Å²) in [5.74, 6) is 13.0. The van der Waals surface area contributed by atoms with E-state index in [2.05, 4.69) is 117 Å². The predicted octanol–water partition coefficient (Wildman–Crippen LogP) is 21.8. The van der Waals surface area contributed by atoms with Gasteiger partial charge in [0.25, 0.3) is 0 Å². The summed E-state index contributed by atoms with van der Waals surface area (Å²) >= 11 is 0. The van der Waals surface area contributed by atoms with E-state index in [9.17, 15) is 0 Å². The van der Waals surface area contributed by atoms with Crippen molar-refractivity contribution in [2.24, 2.45) is 133 Å². The van der Waals surface area contributed by atoms with Crippen molar-refractivity contribution in [2.75, 3.05) is 0 Å². The summed E-state index contributed by atoms with van der Waals surface area (Å²) in [5.41, 5.74) is 1.62. The van der Waals surface area contributed by atoms with Crippen LogP contribution in [0.5, 0.6) is 0 Å². The van der Waals surface area contributed by atoms with E-state index in [-0.39, 0.29) is 16.2 Å². The van der Waals surface area contributed by atoms with Crippen molar-refractivity contribution in [3.05, 3.63) is 54.2 Å². The molecule has 5 atom stereocenters. The van der Waals surface area contributed by atoms with Gasteiger partial charge >= 0.3 is 0 Å². The minimum atomic E-state index is 0.190. The van der Waals surface area contributed by atoms with Crippen LogP contribution in [0.15, 0.2) is 12.7 Å². The molecule has 0 aromatic rings. The third-order valence-electron chi connectivity index (χ3n) is 24.6. The second-order valence-electron chi connectivity index (χ2n) is 32.1. The summed E-state index contributed by atoms with van der Waals surface area (Å²) in [5, 5.41) is 0. The van der Waals surface area contributed by atoms with Gasteiger partial charge in [-0.1, -0.05) is 137 Å². The molecule has 6 fully saturated rings. The molecular weight excluding hydrogens is 853 g/mol.